The first kappa shape index (κ1) is 24.1. The largest absolute Gasteiger partial charge is 0.394 e. The molecule has 0 aliphatic heterocycles. The summed E-state index contributed by atoms with van der Waals surface area (Å²) < 4.78 is 16.0. The van der Waals surface area contributed by atoms with Crippen LogP contribution >= 0.6 is 11.6 Å². The van der Waals surface area contributed by atoms with Crippen LogP contribution in [0.25, 0.3) is 0 Å². The smallest absolute Gasteiger partial charge is 0.248 e. The zero-order valence-electron chi connectivity index (χ0n) is 18.1. The molecule has 174 valence electrons. The van der Waals surface area contributed by atoms with E-state index in [0.717, 1.165) is 0 Å². The highest BCUT2D eigenvalue weighted by Crippen LogP contribution is 2.28. The molecule has 4 N–H and O–H groups in total. The molecular formula is C21H24ClFN8O2. The number of hydrogen-bond donors (Lipinski definition) is 4. The maximum absolute atomic E-state index is 14.4. The molecule has 33 heavy (non-hydrogen) atoms. The van der Waals surface area contributed by atoms with Gasteiger partial charge in [-0.2, -0.15) is 10.1 Å². The van der Waals surface area contributed by atoms with Gasteiger partial charge in [0.05, 0.1) is 36.9 Å². The van der Waals surface area contributed by atoms with E-state index in [4.69, 9.17) is 16.7 Å². The second-order valence-electron chi connectivity index (χ2n) is 7.20. The lowest BCUT2D eigenvalue weighted by Crippen LogP contribution is -2.13. The number of rotatable bonds is 10. The van der Waals surface area contributed by atoms with E-state index in [9.17, 15) is 9.18 Å². The Morgan fingerprint density at radius 2 is 2.09 bits per heavy atom. The van der Waals surface area contributed by atoms with Crippen molar-refractivity contribution in [3.8, 4) is 0 Å². The molecular weight excluding hydrogens is 451 g/mol. The van der Waals surface area contributed by atoms with Crippen LogP contribution < -0.4 is 16.0 Å². The van der Waals surface area contributed by atoms with Gasteiger partial charge in [-0.1, -0.05) is 17.7 Å². The number of aliphatic hydroxyl groups is 1. The van der Waals surface area contributed by atoms with E-state index in [1.807, 2.05) is 19.0 Å². The summed E-state index contributed by atoms with van der Waals surface area (Å²) in [4.78, 5) is 22.4. The van der Waals surface area contributed by atoms with Crippen LogP contribution in [-0.4, -0.2) is 62.9 Å². The molecule has 0 aliphatic carbocycles. The number of nitrogens with zero attached hydrogens (tertiary/aromatic N) is 5. The lowest BCUT2D eigenvalue weighted by molar-refractivity contribution is -0.111. The highest BCUT2D eigenvalue weighted by Gasteiger charge is 2.11. The fraction of sp³-hybridized carbons (Fsp3) is 0.238. The highest BCUT2D eigenvalue weighted by atomic mass is 35.5. The number of carbonyl (C=O) groups excluding carboxylic acids is 1. The number of carbonyl (C=O) groups is 1. The summed E-state index contributed by atoms with van der Waals surface area (Å²) in [5.41, 5.74) is 1.08. The van der Waals surface area contributed by atoms with Crippen molar-refractivity contribution in [3.05, 3.63) is 59.8 Å². The number of hydrogen-bond acceptors (Lipinski definition) is 8. The second-order valence-corrected chi connectivity index (χ2v) is 7.61. The van der Waals surface area contributed by atoms with Crippen molar-refractivity contribution in [1.82, 2.24) is 24.6 Å². The Hall–Kier alpha value is -3.54. The van der Waals surface area contributed by atoms with E-state index >= 15 is 0 Å². The number of amides is 1. The van der Waals surface area contributed by atoms with Gasteiger partial charge < -0.3 is 26.0 Å². The van der Waals surface area contributed by atoms with Crippen molar-refractivity contribution < 1.29 is 14.3 Å². The Morgan fingerprint density at radius 3 is 2.85 bits per heavy atom. The number of anilines is 5. The molecule has 0 atom stereocenters. The summed E-state index contributed by atoms with van der Waals surface area (Å²) in [5.74, 6) is -0.500. The van der Waals surface area contributed by atoms with Crippen LogP contribution in [0.4, 0.5) is 33.2 Å². The SMILES string of the molecule is CN(C)C/C=C/C(=O)Nc1ccc(F)c(Nc2nc(Nc3cnn(CCO)c3)ncc2Cl)c1. The standard InChI is InChI=1S/C21H24ClFN8O2/c1-30(2)7-3-4-19(33)26-14-5-6-17(23)18(10-14)28-20-16(22)12-24-21(29-20)27-15-11-25-31(13-15)8-9-32/h3-6,10-13,32H,7-9H2,1-2H3,(H,26,33)(H2,24,27,28,29)/b4-3+. The second kappa shape index (κ2) is 11.4. The van der Waals surface area contributed by atoms with Crippen molar-refractivity contribution in [1.29, 1.82) is 0 Å². The first-order chi connectivity index (χ1) is 15.8. The van der Waals surface area contributed by atoms with Gasteiger partial charge in [0.1, 0.15) is 10.8 Å². The van der Waals surface area contributed by atoms with Crippen LogP contribution in [-0.2, 0) is 11.3 Å². The molecule has 2 aromatic heterocycles. The molecule has 1 amide bonds. The number of benzene rings is 1. The summed E-state index contributed by atoms with van der Waals surface area (Å²) in [5, 5.41) is 21.7. The van der Waals surface area contributed by atoms with Crippen molar-refractivity contribution in [3.63, 3.8) is 0 Å². The lowest BCUT2D eigenvalue weighted by Gasteiger charge is -2.12. The van der Waals surface area contributed by atoms with E-state index in [1.54, 1.807) is 23.2 Å². The predicted molar refractivity (Wildman–Crippen MR) is 126 cm³/mol. The molecule has 0 fully saturated rings. The molecule has 0 aliphatic rings. The summed E-state index contributed by atoms with van der Waals surface area (Å²) in [6.07, 6.45) is 7.75. The number of nitrogens with one attached hydrogen (secondary N) is 3. The van der Waals surface area contributed by atoms with Gasteiger partial charge in [0.15, 0.2) is 5.82 Å². The molecule has 0 bridgehead atoms. The van der Waals surface area contributed by atoms with Crippen molar-refractivity contribution in [2.45, 2.75) is 6.54 Å². The summed E-state index contributed by atoms with van der Waals surface area (Å²) in [6.45, 7) is 0.937. The van der Waals surface area contributed by atoms with Gasteiger partial charge in [-0.05, 0) is 32.3 Å². The Labute approximate surface area is 195 Å². The lowest BCUT2D eigenvalue weighted by atomic mass is 10.2. The van der Waals surface area contributed by atoms with Gasteiger partial charge in [0.25, 0.3) is 0 Å². The minimum absolute atomic E-state index is 0.0376. The molecule has 12 heteroatoms. The molecule has 0 spiro atoms. The first-order valence-electron chi connectivity index (χ1n) is 9.95. The van der Waals surface area contributed by atoms with Crippen molar-refractivity contribution >= 4 is 46.3 Å². The molecule has 0 saturated heterocycles. The number of likely N-dealkylation sites (N-methyl/N-ethyl adjacent to an activating group) is 1. The van der Waals surface area contributed by atoms with Gasteiger partial charge >= 0.3 is 0 Å². The first-order valence-corrected chi connectivity index (χ1v) is 10.3. The Bertz CT molecular complexity index is 1140. The predicted octanol–water partition coefficient (Wildman–Crippen LogP) is 3.00. The van der Waals surface area contributed by atoms with Crippen LogP contribution in [0.5, 0.6) is 0 Å². The third-order valence-electron chi connectivity index (χ3n) is 4.19. The molecule has 2 heterocycles. The molecule has 0 saturated carbocycles. The molecule has 1 aromatic carbocycles. The average Bonchev–Trinajstić information content (AvgIpc) is 3.19. The summed E-state index contributed by atoms with van der Waals surface area (Å²) in [6, 6.07) is 4.12. The third-order valence-corrected chi connectivity index (χ3v) is 4.47. The van der Waals surface area contributed by atoms with Crippen LogP contribution in [0.15, 0.2) is 48.9 Å². The summed E-state index contributed by atoms with van der Waals surface area (Å²) >= 11 is 6.19. The van der Waals surface area contributed by atoms with E-state index in [-0.39, 0.29) is 35.0 Å². The van der Waals surface area contributed by atoms with E-state index in [1.165, 1.54) is 30.5 Å². The van der Waals surface area contributed by atoms with Crippen LogP contribution in [0, 0.1) is 5.82 Å². The van der Waals surface area contributed by atoms with Gasteiger partial charge in [-0.15, -0.1) is 0 Å². The quantitative estimate of drug-likeness (QED) is 0.331. The van der Waals surface area contributed by atoms with Crippen molar-refractivity contribution in [2.75, 3.05) is 43.2 Å². The normalized spacial score (nSPS) is 11.2. The van der Waals surface area contributed by atoms with Gasteiger partial charge in [-0.3, -0.25) is 9.48 Å². The average molecular weight is 475 g/mol. The van der Waals surface area contributed by atoms with E-state index in [0.29, 0.717) is 24.5 Å². The zero-order valence-corrected chi connectivity index (χ0v) is 18.8. The fourth-order valence-corrected chi connectivity index (χ4v) is 2.82. The highest BCUT2D eigenvalue weighted by molar-refractivity contribution is 6.32. The van der Waals surface area contributed by atoms with Crippen LogP contribution in [0.2, 0.25) is 5.02 Å². The minimum atomic E-state index is -0.550. The molecule has 0 unspecified atom stereocenters. The number of aliphatic hydroxyl groups excluding tert-OH is 1. The number of halogens is 2. The zero-order chi connectivity index (χ0) is 23.8. The van der Waals surface area contributed by atoms with E-state index in [2.05, 4.69) is 31.0 Å². The molecule has 10 nitrogen and oxygen atoms in total. The third kappa shape index (κ3) is 7.24. The Kier molecular flexibility index (Phi) is 8.30. The molecule has 3 aromatic rings. The topological polar surface area (TPSA) is 120 Å². The number of aromatic nitrogens is 4. The van der Waals surface area contributed by atoms with Gasteiger partial charge in [-0.25, -0.2) is 9.37 Å². The monoisotopic (exact) mass is 474 g/mol. The van der Waals surface area contributed by atoms with Crippen molar-refractivity contribution in [2.24, 2.45) is 0 Å². The Balaban J connectivity index is 1.72. The maximum Gasteiger partial charge on any atom is 0.248 e. The van der Waals surface area contributed by atoms with Crippen LogP contribution in [0.3, 0.4) is 0 Å². The maximum atomic E-state index is 14.4. The minimum Gasteiger partial charge on any atom is -0.394 e. The summed E-state index contributed by atoms with van der Waals surface area (Å²) in [7, 11) is 3.78. The molecule has 0 radical (unpaired) electrons. The van der Waals surface area contributed by atoms with Gasteiger partial charge in [0.2, 0.25) is 11.9 Å². The van der Waals surface area contributed by atoms with E-state index < -0.39 is 5.82 Å². The Morgan fingerprint density at radius 1 is 1.27 bits per heavy atom. The van der Waals surface area contributed by atoms with Crippen LogP contribution in [0.1, 0.15) is 0 Å². The molecule has 3 rings (SSSR count). The fourth-order valence-electron chi connectivity index (χ4n) is 2.68. The van der Waals surface area contributed by atoms with Gasteiger partial charge in [0, 0.05) is 24.5 Å².